The highest BCUT2D eigenvalue weighted by Crippen LogP contribution is 2.55. The Hall–Kier alpha value is -3.19. The van der Waals surface area contributed by atoms with E-state index in [0.717, 1.165) is 0 Å². The number of hydrogen-bond donors (Lipinski definition) is 0. The lowest BCUT2D eigenvalue weighted by molar-refractivity contribution is 1.02. The van der Waals surface area contributed by atoms with E-state index in [0.29, 0.717) is 0 Å². The molecule has 5 aromatic carbocycles. The van der Waals surface area contributed by atoms with Gasteiger partial charge in [-0.1, -0.05) is 109 Å². The van der Waals surface area contributed by atoms with Crippen LogP contribution in [0.3, 0.4) is 0 Å². The highest BCUT2D eigenvalue weighted by Gasteiger charge is 2.38. The first-order valence-electron chi connectivity index (χ1n) is 10.9. The Morgan fingerprint density at radius 3 is 2.28 bits per heavy atom. The lowest BCUT2D eigenvalue weighted by Gasteiger charge is -2.21. The number of fused-ring (bicyclic) bond motifs is 9. The van der Waals surface area contributed by atoms with Crippen LogP contribution in [0.2, 0.25) is 0 Å². The molecule has 1 nitrogen and oxygen atoms in total. The molecule has 3 heteroatoms. The number of aromatic nitrogens is 1. The minimum Gasteiger partial charge on any atom is -0.343 e. The maximum Gasteiger partial charge on any atom is 0.0587 e. The number of nitrogens with zero attached hydrogens (tertiary/aromatic N) is 1. The maximum absolute atomic E-state index is 6.73. The van der Waals surface area contributed by atoms with E-state index < -0.39 is 6.04 Å². The van der Waals surface area contributed by atoms with Gasteiger partial charge in [-0.15, -0.1) is 0 Å². The quantitative estimate of drug-likeness (QED) is 0.272. The predicted octanol–water partition coefficient (Wildman–Crippen LogP) is 6.22. The summed E-state index contributed by atoms with van der Waals surface area (Å²) in [5.74, 6) is 0. The van der Waals surface area contributed by atoms with E-state index in [-0.39, 0.29) is 0 Å². The summed E-state index contributed by atoms with van der Waals surface area (Å²) in [6.45, 7) is 0. The molecule has 0 radical (unpaired) electrons. The van der Waals surface area contributed by atoms with Crippen molar-refractivity contribution in [1.29, 1.82) is 0 Å². The summed E-state index contributed by atoms with van der Waals surface area (Å²) in [5, 5.41) is 9.14. The maximum atomic E-state index is 6.73. The zero-order valence-corrected chi connectivity index (χ0v) is 19.3. The number of benzene rings is 5. The summed E-state index contributed by atoms with van der Waals surface area (Å²) >= 11 is 6.73. The molecule has 1 atom stereocenters. The Morgan fingerprint density at radius 1 is 0.656 bits per heavy atom. The van der Waals surface area contributed by atoms with Gasteiger partial charge in [0.1, 0.15) is 0 Å². The summed E-state index contributed by atoms with van der Waals surface area (Å²) < 4.78 is 2.38. The molecule has 6 aromatic rings. The Labute approximate surface area is 191 Å². The van der Waals surface area contributed by atoms with Gasteiger partial charge >= 0.3 is 0 Å². The third kappa shape index (κ3) is 2.17. The van der Waals surface area contributed by atoms with Crippen LogP contribution < -0.4 is 15.9 Å². The van der Waals surface area contributed by atoms with Gasteiger partial charge in [-0.3, -0.25) is 0 Å². The minimum absolute atomic E-state index is 1.26. The summed E-state index contributed by atoms with van der Waals surface area (Å²) in [6.07, 6.45) is 0. The van der Waals surface area contributed by atoms with Crippen molar-refractivity contribution in [2.75, 3.05) is 0 Å². The van der Waals surface area contributed by atoms with Crippen LogP contribution in [0.1, 0.15) is 0 Å². The molecule has 0 saturated carbocycles. The van der Waals surface area contributed by atoms with Gasteiger partial charge in [-0.05, 0) is 33.3 Å². The van der Waals surface area contributed by atoms with Crippen molar-refractivity contribution in [2.24, 2.45) is 7.05 Å². The monoisotopic (exact) mass is 445 g/mol. The van der Waals surface area contributed by atoms with E-state index in [1.165, 1.54) is 59.6 Å². The second-order valence-electron chi connectivity index (χ2n) is 8.56. The third-order valence-electron chi connectivity index (χ3n) is 6.99. The van der Waals surface area contributed by atoms with Crippen molar-refractivity contribution >= 4 is 66.3 Å². The molecule has 0 spiro atoms. The fraction of sp³-hybridized carbons (Fsp3) is 0.0345. The van der Waals surface area contributed by atoms with E-state index >= 15 is 0 Å². The lowest BCUT2D eigenvalue weighted by atomic mass is 10.0. The molecule has 0 amide bonds. The molecule has 1 aliphatic heterocycles. The van der Waals surface area contributed by atoms with E-state index in [4.69, 9.17) is 11.8 Å². The zero-order chi connectivity index (χ0) is 21.4. The van der Waals surface area contributed by atoms with Gasteiger partial charge < -0.3 is 4.57 Å². The smallest absolute Gasteiger partial charge is 0.0587 e. The fourth-order valence-corrected chi connectivity index (χ4v) is 10.3. The topological polar surface area (TPSA) is 4.93 Å². The van der Waals surface area contributed by atoms with Crippen LogP contribution >= 0.6 is 6.04 Å². The highest BCUT2D eigenvalue weighted by atomic mass is 32.4. The first-order valence-corrected chi connectivity index (χ1v) is 13.7. The number of aryl methyl sites for hydroxylation is 1. The van der Waals surface area contributed by atoms with Gasteiger partial charge in [0.15, 0.2) is 0 Å². The predicted molar refractivity (Wildman–Crippen MR) is 143 cm³/mol. The van der Waals surface area contributed by atoms with Gasteiger partial charge in [0.25, 0.3) is 0 Å². The molecule has 1 unspecified atom stereocenters. The van der Waals surface area contributed by atoms with E-state index in [9.17, 15) is 0 Å². The molecule has 0 saturated heterocycles. The Morgan fingerprint density at radius 2 is 1.41 bits per heavy atom. The Bertz CT molecular complexity index is 1760. The minimum atomic E-state index is -2.18. The summed E-state index contributed by atoms with van der Waals surface area (Å²) in [4.78, 5) is 0. The van der Waals surface area contributed by atoms with Gasteiger partial charge in [0.2, 0.25) is 0 Å². The van der Waals surface area contributed by atoms with Crippen molar-refractivity contribution in [3.63, 3.8) is 0 Å². The average molecular weight is 446 g/mol. The van der Waals surface area contributed by atoms with Crippen LogP contribution in [-0.4, -0.2) is 4.57 Å². The molecule has 2 heterocycles. The molecule has 1 aromatic heterocycles. The van der Waals surface area contributed by atoms with Crippen molar-refractivity contribution < 1.29 is 0 Å². The van der Waals surface area contributed by atoms with Crippen molar-refractivity contribution in [2.45, 2.75) is 0 Å². The molecule has 152 valence electrons. The first-order chi connectivity index (χ1) is 15.7. The largest absolute Gasteiger partial charge is 0.343 e. The van der Waals surface area contributed by atoms with Crippen LogP contribution in [0.25, 0.3) is 43.7 Å². The van der Waals surface area contributed by atoms with Crippen molar-refractivity contribution in [3.8, 4) is 11.1 Å². The van der Waals surface area contributed by atoms with E-state index in [1.54, 1.807) is 0 Å². The molecule has 0 bridgehead atoms. The second-order valence-corrected chi connectivity index (χ2v) is 12.9. The van der Waals surface area contributed by atoms with Gasteiger partial charge in [-0.25, -0.2) is 0 Å². The molecular formula is C29H20NPS. The Balaban J connectivity index is 1.73. The molecule has 0 fully saturated rings. The summed E-state index contributed by atoms with van der Waals surface area (Å²) in [5.41, 5.74) is 5.15. The standard InChI is InChI=1S/C29H20NPS/c1-30-25-18-15-19-9-5-6-12-21(19)27(25)24-17-16-23-22-13-7-8-14-26(22)31(32,29(23)28(24)30)20-10-3-2-4-11-20/h2-18H,1H3. The Kier molecular flexibility index (Phi) is 3.69. The number of rotatable bonds is 1. The SMILES string of the molecule is Cn1c2ccc3ccccc3c2c2ccc3c(c21)P(=S)(c1ccccc1)c1ccccc1-3. The van der Waals surface area contributed by atoms with Crippen molar-refractivity contribution in [3.05, 3.63) is 103 Å². The average Bonchev–Trinajstić information content (AvgIpc) is 3.30. The van der Waals surface area contributed by atoms with Gasteiger partial charge in [0, 0.05) is 40.0 Å². The summed E-state index contributed by atoms with van der Waals surface area (Å²) in [7, 11) is 2.20. The fourth-order valence-electron chi connectivity index (χ4n) is 5.60. The van der Waals surface area contributed by atoms with E-state index in [1.807, 2.05) is 0 Å². The first kappa shape index (κ1) is 18.4. The van der Waals surface area contributed by atoms with Crippen LogP contribution in [0, 0.1) is 0 Å². The number of hydrogen-bond acceptors (Lipinski definition) is 1. The van der Waals surface area contributed by atoms with Crippen LogP contribution in [0.5, 0.6) is 0 Å². The van der Waals surface area contributed by atoms with Gasteiger partial charge in [0.05, 0.1) is 5.52 Å². The van der Waals surface area contributed by atoms with E-state index in [2.05, 4.69) is 115 Å². The molecule has 1 aliphatic rings. The second kappa shape index (κ2) is 6.42. The summed E-state index contributed by atoms with van der Waals surface area (Å²) in [6, 6.07) is 35.2. The molecule has 0 aliphatic carbocycles. The molecule has 0 N–H and O–H groups in total. The van der Waals surface area contributed by atoms with Crippen LogP contribution in [0.4, 0.5) is 0 Å². The molecule has 7 rings (SSSR count). The molecular weight excluding hydrogens is 425 g/mol. The van der Waals surface area contributed by atoms with Gasteiger partial charge in [-0.2, -0.15) is 0 Å². The van der Waals surface area contributed by atoms with Crippen LogP contribution in [0.15, 0.2) is 103 Å². The highest BCUT2D eigenvalue weighted by molar-refractivity contribution is 8.26. The lowest BCUT2D eigenvalue weighted by Crippen LogP contribution is -2.21. The molecule has 32 heavy (non-hydrogen) atoms. The van der Waals surface area contributed by atoms with Crippen LogP contribution in [-0.2, 0) is 18.9 Å². The van der Waals surface area contributed by atoms with Crippen molar-refractivity contribution in [1.82, 2.24) is 4.57 Å². The normalized spacial score (nSPS) is 17.2. The third-order valence-corrected chi connectivity index (χ3v) is 11.9. The zero-order valence-electron chi connectivity index (χ0n) is 17.6.